The predicted octanol–water partition coefficient (Wildman–Crippen LogP) is 3.48. The first-order valence-corrected chi connectivity index (χ1v) is 6.73. The first-order chi connectivity index (χ1) is 9.75. The van der Waals surface area contributed by atoms with Crippen LogP contribution < -0.4 is 10.5 Å². The zero-order valence-electron chi connectivity index (χ0n) is 13.0. The van der Waals surface area contributed by atoms with Crippen molar-refractivity contribution in [3.05, 3.63) is 35.4 Å². The lowest BCUT2D eigenvalue weighted by molar-refractivity contribution is 0.387. The number of hydrogen-bond acceptors (Lipinski definition) is 4. The van der Waals surface area contributed by atoms with E-state index in [9.17, 15) is 4.39 Å². The molecule has 0 atom stereocenters. The van der Waals surface area contributed by atoms with Crippen molar-refractivity contribution in [1.82, 2.24) is 9.97 Å². The van der Waals surface area contributed by atoms with Gasteiger partial charge in [0.1, 0.15) is 11.6 Å². The van der Waals surface area contributed by atoms with Crippen LogP contribution in [0.4, 0.5) is 10.2 Å². The second kappa shape index (κ2) is 5.31. The highest BCUT2D eigenvalue weighted by Crippen LogP contribution is 2.32. The summed E-state index contributed by atoms with van der Waals surface area (Å²) in [5.41, 5.74) is 7.23. The van der Waals surface area contributed by atoms with Crippen LogP contribution in [0.15, 0.2) is 18.2 Å². The number of benzene rings is 1. The third-order valence-corrected chi connectivity index (χ3v) is 3.29. The SMILES string of the molecule is COc1cccc(-c2nc(C(C)(C)C)nc(N)c2C)c1F. The molecule has 0 aliphatic rings. The van der Waals surface area contributed by atoms with E-state index in [0.29, 0.717) is 28.5 Å². The number of nitrogens with zero attached hydrogens (tertiary/aromatic N) is 2. The number of nitrogens with two attached hydrogens (primary N) is 1. The van der Waals surface area contributed by atoms with Crippen molar-refractivity contribution in [3.63, 3.8) is 0 Å². The average Bonchev–Trinajstić information content (AvgIpc) is 2.41. The highest BCUT2D eigenvalue weighted by molar-refractivity contribution is 5.69. The molecule has 0 bridgehead atoms. The fourth-order valence-electron chi connectivity index (χ4n) is 1.98. The van der Waals surface area contributed by atoms with E-state index in [1.165, 1.54) is 7.11 Å². The summed E-state index contributed by atoms with van der Waals surface area (Å²) in [6, 6.07) is 4.97. The van der Waals surface area contributed by atoms with Gasteiger partial charge in [-0.15, -0.1) is 0 Å². The summed E-state index contributed by atoms with van der Waals surface area (Å²) in [7, 11) is 1.43. The Morgan fingerprint density at radius 2 is 1.86 bits per heavy atom. The molecule has 1 aromatic heterocycles. The molecule has 0 fully saturated rings. The molecule has 4 nitrogen and oxygen atoms in total. The van der Waals surface area contributed by atoms with Crippen molar-refractivity contribution in [1.29, 1.82) is 0 Å². The molecule has 1 heterocycles. The van der Waals surface area contributed by atoms with Crippen molar-refractivity contribution in [2.24, 2.45) is 0 Å². The molecule has 2 aromatic rings. The molecule has 0 unspecified atom stereocenters. The summed E-state index contributed by atoms with van der Waals surface area (Å²) in [4.78, 5) is 8.84. The summed E-state index contributed by atoms with van der Waals surface area (Å²) >= 11 is 0. The van der Waals surface area contributed by atoms with Gasteiger partial charge in [-0.2, -0.15) is 0 Å². The van der Waals surface area contributed by atoms with Crippen LogP contribution in [0, 0.1) is 12.7 Å². The van der Waals surface area contributed by atoms with Gasteiger partial charge >= 0.3 is 0 Å². The van der Waals surface area contributed by atoms with Gasteiger partial charge in [0.25, 0.3) is 0 Å². The molecule has 0 saturated heterocycles. The summed E-state index contributed by atoms with van der Waals surface area (Å²) in [6.07, 6.45) is 0. The van der Waals surface area contributed by atoms with E-state index in [-0.39, 0.29) is 11.2 Å². The predicted molar refractivity (Wildman–Crippen MR) is 81.8 cm³/mol. The van der Waals surface area contributed by atoms with Crippen molar-refractivity contribution >= 4 is 5.82 Å². The lowest BCUT2D eigenvalue weighted by Gasteiger charge is -2.19. The Morgan fingerprint density at radius 1 is 1.19 bits per heavy atom. The normalized spacial score (nSPS) is 11.5. The van der Waals surface area contributed by atoms with Gasteiger partial charge in [-0.05, 0) is 19.1 Å². The Labute approximate surface area is 124 Å². The molecule has 5 heteroatoms. The number of hydrogen-bond donors (Lipinski definition) is 1. The Balaban J connectivity index is 2.72. The fourth-order valence-corrected chi connectivity index (χ4v) is 1.98. The minimum atomic E-state index is -0.443. The van der Waals surface area contributed by atoms with Crippen LogP contribution in [-0.2, 0) is 5.41 Å². The Bertz CT molecular complexity index is 678. The highest BCUT2D eigenvalue weighted by Gasteiger charge is 2.22. The van der Waals surface area contributed by atoms with Gasteiger partial charge in [-0.3, -0.25) is 0 Å². The van der Waals surface area contributed by atoms with Gasteiger partial charge in [0.05, 0.1) is 12.8 Å². The largest absolute Gasteiger partial charge is 0.494 e. The van der Waals surface area contributed by atoms with Gasteiger partial charge in [0.2, 0.25) is 0 Å². The molecule has 112 valence electrons. The zero-order valence-corrected chi connectivity index (χ0v) is 13.0. The van der Waals surface area contributed by atoms with Crippen molar-refractivity contribution in [2.45, 2.75) is 33.1 Å². The number of nitrogen functional groups attached to an aromatic ring is 1. The molecular formula is C16H20FN3O. The van der Waals surface area contributed by atoms with Gasteiger partial charge in [-0.1, -0.05) is 26.8 Å². The van der Waals surface area contributed by atoms with Crippen molar-refractivity contribution < 1.29 is 9.13 Å². The molecule has 2 N–H and O–H groups in total. The minimum absolute atomic E-state index is 0.182. The van der Waals surface area contributed by atoms with Gasteiger partial charge < -0.3 is 10.5 Å². The maximum atomic E-state index is 14.5. The highest BCUT2D eigenvalue weighted by atomic mass is 19.1. The number of ether oxygens (including phenoxy) is 1. The molecule has 21 heavy (non-hydrogen) atoms. The van der Waals surface area contributed by atoms with Crippen LogP contribution in [0.2, 0.25) is 0 Å². The summed E-state index contributed by atoms with van der Waals surface area (Å²) in [6.45, 7) is 7.75. The van der Waals surface area contributed by atoms with Gasteiger partial charge in [-0.25, -0.2) is 14.4 Å². The van der Waals surface area contributed by atoms with Crippen LogP contribution in [0.25, 0.3) is 11.3 Å². The zero-order chi connectivity index (χ0) is 15.8. The molecule has 0 saturated carbocycles. The monoisotopic (exact) mass is 289 g/mol. The lowest BCUT2D eigenvalue weighted by atomic mass is 9.94. The first-order valence-electron chi connectivity index (χ1n) is 6.73. The van der Waals surface area contributed by atoms with E-state index >= 15 is 0 Å². The molecule has 0 amide bonds. The van der Waals surface area contributed by atoms with Crippen LogP contribution in [0.5, 0.6) is 5.75 Å². The first kappa shape index (κ1) is 15.2. The summed E-state index contributed by atoms with van der Waals surface area (Å²) in [5, 5.41) is 0. The third kappa shape index (κ3) is 2.82. The second-order valence-corrected chi connectivity index (χ2v) is 5.98. The summed E-state index contributed by atoms with van der Waals surface area (Å²) < 4.78 is 19.5. The van der Waals surface area contributed by atoms with Crippen molar-refractivity contribution in [3.8, 4) is 17.0 Å². The number of rotatable bonds is 2. The molecule has 1 aromatic carbocycles. The van der Waals surface area contributed by atoms with Crippen LogP contribution in [-0.4, -0.2) is 17.1 Å². The molecule has 2 rings (SSSR count). The van der Waals surface area contributed by atoms with E-state index in [4.69, 9.17) is 10.5 Å². The second-order valence-electron chi connectivity index (χ2n) is 5.98. The topological polar surface area (TPSA) is 61.0 Å². The maximum Gasteiger partial charge on any atom is 0.174 e. The number of halogens is 1. The van der Waals surface area contributed by atoms with Crippen LogP contribution in [0.1, 0.15) is 32.2 Å². The lowest BCUT2D eigenvalue weighted by Crippen LogP contribution is -2.18. The molecule has 0 radical (unpaired) electrons. The van der Waals surface area contributed by atoms with Crippen molar-refractivity contribution in [2.75, 3.05) is 12.8 Å². The summed E-state index contributed by atoms with van der Waals surface area (Å²) in [5.74, 6) is 0.692. The molecular weight excluding hydrogens is 269 g/mol. The van der Waals surface area contributed by atoms with Crippen LogP contribution >= 0.6 is 0 Å². The van der Waals surface area contributed by atoms with Gasteiger partial charge in [0.15, 0.2) is 11.6 Å². The smallest absolute Gasteiger partial charge is 0.174 e. The molecule has 0 aliphatic heterocycles. The molecule has 0 aliphatic carbocycles. The fraction of sp³-hybridized carbons (Fsp3) is 0.375. The number of anilines is 1. The standard InChI is InChI=1S/C16H20FN3O/c1-9-13(10-7-6-8-11(21-5)12(10)17)19-15(16(2,3)4)20-14(9)18/h6-8H,1-5H3,(H2,18,19,20). The van der Waals surface area contributed by atoms with E-state index in [1.807, 2.05) is 20.8 Å². The Hall–Kier alpha value is -2.17. The number of aromatic nitrogens is 2. The Kier molecular flexibility index (Phi) is 3.85. The molecule has 0 spiro atoms. The maximum absolute atomic E-state index is 14.5. The van der Waals surface area contributed by atoms with E-state index < -0.39 is 5.82 Å². The number of methoxy groups -OCH3 is 1. The van der Waals surface area contributed by atoms with E-state index in [1.54, 1.807) is 25.1 Å². The van der Waals surface area contributed by atoms with E-state index in [0.717, 1.165) is 0 Å². The minimum Gasteiger partial charge on any atom is -0.494 e. The van der Waals surface area contributed by atoms with Crippen LogP contribution in [0.3, 0.4) is 0 Å². The Morgan fingerprint density at radius 3 is 2.43 bits per heavy atom. The van der Waals surface area contributed by atoms with Gasteiger partial charge in [0, 0.05) is 16.5 Å². The third-order valence-electron chi connectivity index (χ3n) is 3.29. The average molecular weight is 289 g/mol. The quantitative estimate of drug-likeness (QED) is 0.919. The van der Waals surface area contributed by atoms with E-state index in [2.05, 4.69) is 9.97 Å².